The number of aryl methyl sites for hydroxylation is 1. The van der Waals surface area contributed by atoms with Crippen LogP contribution in [0, 0.1) is 12.8 Å². The molecule has 22 heavy (non-hydrogen) atoms. The lowest BCUT2D eigenvalue weighted by Gasteiger charge is -2.33. The summed E-state index contributed by atoms with van der Waals surface area (Å²) in [4.78, 5) is 13.9. The Morgan fingerprint density at radius 1 is 1.55 bits per heavy atom. The zero-order valence-corrected chi connectivity index (χ0v) is 14.5. The first-order valence-electron chi connectivity index (χ1n) is 7.50. The molecule has 1 atom stereocenters. The van der Waals surface area contributed by atoms with Crippen molar-refractivity contribution in [3.05, 3.63) is 28.8 Å². The van der Waals surface area contributed by atoms with Crippen molar-refractivity contribution in [3.8, 4) is 0 Å². The predicted octanol–water partition coefficient (Wildman–Crippen LogP) is 3.62. The molecule has 1 N–H and O–H groups in total. The van der Waals surface area contributed by atoms with Crippen LogP contribution < -0.4 is 5.32 Å². The lowest BCUT2D eigenvalue weighted by Crippen LogP contribution is -2.44. The third-order valence-corrected chi connectivity index (χ3v) is 4.52. The molecule has 120 valence electrons. The Morgan fingerprint density at radius 2 is 2.32 bits per heavy atom. The van der Waals surface area contributed by atoms with E-state index < -0.39 is 0 Å². The fourth-order valence-electron chi connectivity index (χ4n) is 2.49. The number of benzene rings is 1. The van der Waals surface area contributed by atoms with Crippen LogP contribution in [0.1, 0.15) is 25.3 Å². The number of halogens is 1. The van der Waals surface area contributed by atoms with Gasteiger partial charge in [0.05, 0.1) is 12.5 Å². The van der Waals surface area contributed by atoms with Crippen molar-refractivity contribution in [2.75, 3.05) is 25.0 Å². The van der Waals surface area contributed by atoms with Crippen molar-refractivity contribution in [2.45, 2.75) is 26.7 Å². The van der Waals surface area contributed by atoms with Crippen LogP contribution in [-0.4, -0.2) is 35.7 Å². The summed E-state index contributed by atoms with van der Waals surface area (Å²) in [7, 11) is 0. The smallest absolute Gasteiger partial charge is 0.310 e. The van der Waals surface area contributed by atoms with Gasteiger partial charge in [-0.2, -0.15) is 0 Å². The number of anilines is 1. The van der Waals surface area contributed by atoms with Crippen LogP contribution in [0.3, 0.4) is 0 Å². The fourth-order valence-corrected chi connectivity index (χ4v) is 2.95. The van der Waals surface area contributed by atoms with Crippen molar-refractivity contribution in [1.82, 2.24) is 4.90 Å². The minimum absolute atomic E-state index is 0.102. The van der Waals surface area contributed by atoms with E-state index in [0.717, 1.165) is 30.6 Å². The molecule has 0 aliphatic carbocycles. The Kier molecular flexibility index (Phi) is 6.03. The molecule has 1 aromatic carbocycles. The summed E-state index contributed by atoms with van der Waals surface area (Å²) in [5.74, 6) is -0.233. The second kappa shape index (κ2) is 7.79. The number of ether oxygens (including phenoxy) is 1. The number of hydrogen-bond acceptors (Lipinski definition) is 3. The third kappa shape index (κ3) is 4.34. The molecule has 1 heterocycles. The summed E-state index contributed by atoms with van der Waals surface area (Å²) in [6, 6.07) is 5.75. The molecule has 1 aliphatic heterocycles. The van der Waals surface area contributed by atoms with E-state index in [1.807, 2.05) is 36.9 Å². The minimum Gasteiger partial charge on any atom is -0.466 e. The lowest BCUT2D eigenvalue weighted by molar-refractivity contribution is -0.149. The van der Waals surface area contributed by atoms with Gasteiger partial charge in [-0.05, 0) is 56.6 Å². The van der Waals surface area contributed by atoms with E-state index in [2.05, 4.69) is 5.32 Å². The summed E-state index contributed by atoms with van der Waals surface area (Å²) >= 11 is 11.6. The molecule has 4 nitrogen and oxygen atoms in total. The predicted molar refractivity (Wildman–Crippen MR) is 93.3 cm³/mol. The van der Waals surface area contributed by atoms with Gasteiger partial charge in [0.25, 0.3) is 0 Å². The number of thiocarbonyl (C=S) groups is 1. The van der Waals surface area contributed by atoms with E-state index in [1.54, 1.807) is 0 Å². The average Bonchev–Trinajstić information content (AvgIpc) is 2.51. The van der Waals surface area contributed by atoms with Crippen LogP contribution in [-0.2, 0) is 9.53 Å². The lowest BCUT2D eigenvalue weighted by atomic mass is 9.98. The molecule has 1 unspecified atom stereocenters. The van der Waals surface area contributed by atoms with E-state index >= 15 is 0 Å². The second-order valence-corrected chi connectivity index (χ2v) is 6.23. The van der Waals surface area contributed by atoms with Gasteiger partial charge in [0, 0.05) is 23.8 Å². The topological polar surface area (TPSA) is 41.6 Å². The zero-order chi connectivity index (χ0) is 16.1. The van der Waals surface area contributed by atoms with Crippen LogP contribution in [0.2, 0.25) is 5.02 Å². The number of hydrogen-bond donors (Lipinski definition) is 1. The molecular weight excluding hydrogens is 320 g/mol. The first-order chi connectivity index (χ1) is 10.5. The van der Waals surface area contributed by atoms with Gasteiger partial charge in [-0.3, -0.25) is 4.79 Å². The Balaban J connectivity index is 1.96. The fraction of sp³-hybridized carbons (Fsp3) is 0.500. The Hall–Kier alpha value is -1.33. The highest BCUT2D eigenvalue weighted by Crippen LogP contribution is 2.22. The third-order valence-electron chi connectivity index (χ3n) is 3.75. The molecule has 0 amide bonds. The van der Waals surface area contributed by atoms with E-state index in [4.69, 9.17) is 28.6 Å². The maximum atomic E-state index is 11.9. The molecule has 0 spiro atoms. The van der Waals surface area contributed by atoms with Crippen LogP contribution >= 0.6 is 23.8 Å². The van der Waals surface area contributed by atoms with Crippen molar-refractivity contribution in [1.29, 1.82) is 0 Å². The van der Waals surface area contributed by atoms with E-state index in [9.17, 15) is 4.79 Å². The normalized spacial score (nSPS) is 18.0. The summed E-state index contributed by atoms with van der Waals surface area (Å²) in [6.07, 6.45) is 1.79. The molecule has 2 rings (SSSR count). The van der Waals surface area contributed by atoms with E-state index in [-0.39, 0.29) is 11.9 Å². The van der Waals surface area contributed by atoms with Gasteiger partial charge in [0.2, 0.25) is 0 Å². The standard InChI is InChI=1S/C16H21ClN2O2S/c1-3-21-15(20)12-5-4-8-19(10-12)16(22)18-13-7-6-11(2)14(17)9-13/h6-7,9,12H,3-5,8,10H2,1-2H3,(H,18,22). The Morgan fingerprint density at radius 3 is 3.00 bits per heavy atom. The number of carbonyl (C=O) groups excluding carboxylic acids is 1. The molecule has 0 aromatic heterocycles. The molecule has 1 saturated heterocycles. The van der Waals surface area contributed by atoms with Gasteiger partial charge in [-0.25, -0.2) is 0 Å². The minimum atomic E-state index is -0.131. The molecule has 0 radical (unpaired) electrons. The molecule has 1 fully saturated rings. The van der Waals surface area contributed by atoms with Gasteiger partial charge in [0.15, 0.2) is 5.11 Å². The van der Waals surface area contributed by atoms with Crippen LogP contribution in [0.25, 0.3) is 0 Å². The van der Waals surface area contributed by atoms with E-state index in [1.165, 1.54) is 0 Å². The Bertz CT molecular complexity index is 565. The maximum Gasteiger partial charge on any atom is 0.310 e. The summed E-state index contributed by atoms with van der Waals surface area (Å²) in [5.41, 5.74) is 1.89. The number of nitrogens with zero attached hydrogens (tertiary/aromatic N) is 1. The molecule has 0 saturated carbocycles. The molecule has 1 aliphatic rings. The number of piperidine rings is 1. The van der Waals surface area contributed by atoms with Crippen molar-refractivity contribution in [3.63, 3.8) is 0 Å². The zero-order valence-electron chi connectivity index (χ0n) is 12.9. The first kappa shape index (κ1) is 17.0. The maximum absolute atomic E-state index is 11.9. The SMILES string of the molecule is CCOC(=O)C1CCCN(C(=S)Nc2ccc(C)c(Cl)c2)C1. The van der Waals surface area contributed by atoms with E-state index in [0.29, 0.717) is 23.3 Å². The van der Waals surface area contributed by atoms with Gasteiger partial charge in [0.1, 0.15) is 0 Å². The van der Waals surface area contributed by atoms with Crippen LogP contribution in [0.4, 0.5) is 5.69 Å². The highest BCUT2D eigenvalue weighted by molar-refractivity contribution is 7.80. The molecule has 0 bridgehead atoms. The summed E-state index contributed by atoms with van der Waals surface area (Å²) in [5, 5.41) is 4.52. The van der Waals surface area contributed by atoms with Gasteiger partial charge in [-0.15, -0.1) is 0 Å². The summed E-state index contributed by atoms with van der Waals surface area (Å²) in [6.45, 7) is 5.65. The van der Waals surface area contributed by atoms with Crippen LogP contribution in [0.15, 0.2) is 18.2 Å². The molecular formula is C16H21ClN2O2S. The van der Waals surface area contributed by atoms with Gasteiger partial charge < -0.3 is 15.0 Å². The number of nitrogens with one attached hydrogen (secondary N) is 1. The average molecular weight is 341 g/mol. The second-order valence-electron chi connectivity index (χ2n) is 5.43. The van der Waals surface area contributed by atoms with Crippen molar-refractivity contribution < 1.29 is 9.53 Å². The number of likely N-dealkylation sites (tertiary alicyclic amines) is 1. The Labute approximate surface area is 141 Å². The van der Waals surface area contributed by atoms with Gasteiger partial charge >= 0.3 is 5.97 Å². The van der Waals surface area contributed by atoms with Gasteiger partial charge in [-0.1, -0.05) is 17.7 Å². The quantitative estimate of drug-likeness (QED) is 0.672. The molecule has 6 heteroatoms. The number of rotatable bonds is 3. The first-order valence-corrected chi connectivity index (χ1v) is 8.28. The summed E-state index contributed by atoms with van der Waals surface area (Å²) < 4.78 is 5.11. The monoisotopic (exact) mass is 340 g/mol. The van der Waals surface area contributed by atoms with Crippen molar-refractivity contribution in [2.24, 2.45) is 5.92 Å². The highest BCUT2D eigenvalue weighted by atomic mass is 35.5. The van der Waals surface area contributed by atoms with Crippen molar-refractivity contribution >= 4 is 40.6 Å². The molecule has 1 aromatic rings. The van der Waals surface area contributed by atoms with Crippen LogP contribution in [0.5, 0.6) is 0 Å². The number of esters is 1. The highest BCUT2D eigenvalue weighted by Gasteiger charge is 2.28. The largest absolute Gasteiger partial charge is 0.466 e. The number of carbonyl (C=O) groups is 1.